The molecule has 2 saturated carbocycles. The molecule has 0 amide bonds. The summed E-state index contributed by atoms with van der Waals surface area (Å²) in [6, 6.07) is 8.39. The maximum Gasteiger partial charge on any atom is 0.314 e. The molecule has 162 valence electrons. The van der Waals surface area contributed by atoms with E-state index in [-0.39, 0.29) is 11.9 Å². The normalized spacial score (nSPS) is 20.2. The van der Waals surface area contributed by atoms with Crippen LogP contribution in [0.3, 0.4) is 0 Å². The van der Waals surface area contributed by atoms with Gasteiger partial charge < -0.3 is 4.74 Å². The highest BCUT2D eigenvalue weighted by Crippen LogP contribution is 2.41. The van der Waals surface area contributed by atoms with E-state index in [1.165, 1.54) is 82.6 Å². The molecule has 0 spiro atoms. The highest BCUT2D eigenvalue weighted by Gasteiger charge is 2.37. The molecule has 2 aliphatic carbocycles. The molecule has 29 heavy (non-hydrogen) atoms. The first kappa shape index (κ1) is 22.4. The molecule has 2 aliphatic rings. The molecule has 0 radical (unpaired) electrons. The molecule has 0 saturated heterocycles. The minimum Gasteiger partial charge on any atom is -0.426 e. The maximum atomic E-state index is 13.4. The van der Waals surface area contributed by atoms with Crippen LogP contribution in [0.1, 0.15) is 109 Å². The summed E-state index contributed by atoms with van der Waals surface area (Å²) in [7, 11) is 0. The quantitative estimate of drug-likeness (QED) is 0.328. The zero-order valence-corrected chi connectivity index (χ0v) is 19.0. The number of esters is 1. The Balaban J connectivity index is 1.75. The van der Waals surface area contributed by atoms with Gasteiger partial charge in [0, 0.05) is 0 Å². The van der Waals surface area contributed by atoms with E-state index in [0.29, 0.717) is 23.7 Å². The zero-order valence-electron chi connectivity index (χ0n) is 19.0. The van der Waals surface area contributed by atoms with Gasteiger partial charge in [0.1, 0.15) is 5.75 Å². The molecule has 1 aromatic carbocycles. The highest BCUT2D eigenvalue weighted by atomic mass is 16.5. The van der Waals surface area contributed by atoms with Crippen molar-refractivity contribution in [1.82, 2.24) is 0 Å². The smallest absolute Gasteiger partial charge is 0.314 e. The molecule has 2 nitrogen and oxygen atoms in total. The van der Waals surface area contributed by atoms with Gasteiger partial charge in [-0.25, -0.2) is 0 Å². The van der Waals surface area contributed by atoms with Gasteiger partial charge in [-0.05, 0) is 73.5 Å². The molecule has 1 atom stereocenters. The molecule has 2 fully saturated rings. The Bertz CT molecular complexity index is 605. The van der Waals surface area contributed by atoms with Crippen LogP contribution < -0.4 is 4.74 Å². The summed E-state index contributed by atoms with van der Waals surface area (Å²) in [4.78, 5) is 13.4. The monoisotopic (exact) mass is 398 g/mol. The van der Waals surface area contributed by atoms with Crippen molar-refractivity contribution < 1.29 is 9.53 Å². The van der Waals surface area contributed by atoms with Crippen molar-refractivity contribution in [2.75, 3.05) is 0 Å². The number of hydrogen-bond acceptors (Lipinski definition) is 2. The van der Waals surface area contributed by atoms with Crippen LogP contribution in [0.5, 0.6) is 5.75 Å². The molecule has 2 heteroatoms. The summed E-state index contributed by atoms with van der Waals surface area (Å²) in [6.07, 6.45) is 15.0. The number of benzene rings is 1. The van der Waals surface area contributed by atoms with Gasteiger partial charge in [0.25, 0.3) is 0 Å². The first-order valence-electron chi connectivity index (χ1n) is 12.4. The van der Waals surface area contributed by atoms with Gasteiger partial charge in [-0.2, -0.15) is 0 Å². The van der Waals surface area contributed by atoms with Crippen molar-refractivity contribution in [3.8, 4) is 5.75 Å². The Morgan fingerprint density at radius 1 is 0.966 bits per heavy atom. The van der Waals surface area contributed by atoms with Crippen LogP contribution in [0.15, 0.2) is 24.3 Å². The number of hydrogen-bond donors (Lipinski definition) is 0. The van der Waals surface area contributed by atoms with Crippen molar-refractivity contribution in [3.05, 3.63) is 29.8 Å². The fourth-order valence-corrected chi connectivity index (χ4v) is 5.95. The second-order valence-electron chi connectivity index (χ2n) is 9.95. The summed E-state index contributed by atoms with van der Waals surface area (Å²) in [6.45, 7) is 6.83. The Labute approximate surface area is 178 Å². The number of ether oxygens (including phenoxy) is 1. The lowest BCUT2D eigenvalue weighted by molar-refractivity contribution is -0.144. The van der Waals surface area contributed by atoms with E-state index in [2.05, 4.69) is 39.0 Å². The average Bonchev–Trinajstić information content (AvgIpc) is 2.73. The molecule has 3 rings (SSSR count). The third-order valence-electron chi connectivity index (χ3n) is 7.50. The lowest BCUT2D eigenvalue weighted by Gasteiger charge is -2.36. The molecule has 0 heterocycles. The zero-order chi connectivity index (χ0) is 20.6. The van der Waals surface area contributed by atoms with Crippen LogP contribution in [0.25, 0.3) is 0 Å². The van der Waals surface area contributed by atoms with Gasteiger partial charge in [-0.15, -0.1) is 0 Å². The van der Waals surface area contributed by atoms with Gasteiger partial charge in [-0.1, -0.05) is 77.8 Å². The van der Waals surface area contributed by atoms with E-state index in [1.54, 1.807) is 0 Å². The topological polar surface area (TPSA) is 26.3 Å². The van der Waals surface area contributed by atoms with E-state index in [4.69, 9.17) is 4.74 Å². The van der Waals surface area contributed by atoms with Crippen molar-refractivity contribution in [1.29, 1.82) is 0 Å². The first-order chi connectivity index (χ1) is 14.1. The summed E-state index contributed by atoms with van der Waals surface area (Å²) in [5.74, 6) is 3.11. The second kappa shape index (κ2) is 11.2. The number of carbonyl (C=O) groups excluding carboxylic acids is 1. The highest BCUT2D eigenvalue weighted by molar-refractivity contribution is 5.76. The van der Waals surface area contributed by atoms with E-state index >= 15 is 0 Å². The second-order valence-corrected chi connectivity index (χ2v) is 9.95. The number of carbonyl (C=O) groups is 1. The van der Waals surface area contributed by atoms with E-state index < -0.39 is 0 Å². The Hall–Kier alpha value is -1.31. The maximum absolute atomic E-state index is 13.4. The predicted molar refractivity (Wildman–Crippen MR) is 121 cm³/mol. The van der Waals surface area contributed by atoms with Crippen LogP contribution in [-0.4, -0.2) is 5.97 Å². The SMILES string of the molecule is CCCC(c1cccc(OC(=O)C(C2CCCCC2)C2CCCCC2)c1)C(C)C. The molecule has 1 unspecified atom stereocenters. The summed E-state index contributed by atoms with van der Waals surface area (Å²) in [5.41, 5.74) is 1.32. The van der Waals surface area contributed by atoms with Crippen LogP contribution in [-0.2, 0) is 4.79 Å². The summed E-state index contributed by atoms with van der Waals surface area (Å²) < 4.78 is 6.09. The van der Waals surface area contributed by atoms with Crippen molar-refractivity contribution in [2.24, 2.45) is 23.7 Å². The lowest BCUT2D eigenvalue weighted by Crippen LogP contribution is -2.36. The predicted octanol–water partition coefficient (Wildman–Crippen LogP) is 7.91. The molecule has 0 bridgehead atoms. The Kier molecular flexibility index (Phi) is 8.63. The minimum absolute atomic E-state index is 0.0533. The molecule has 1 aromatic rings. The largest absolute Gasteiger partial charge is 0.426 e. The molecule has 0 aromatic heterocycles. The molecular formula is C27H42O2. The molecular weight excluding hydrogens is 356 g/mol. The van der Waals surface area contributed by atoms with E-state index in [1.807, 2.05) is 6.07 Å². The summed E-state index contributed by atoms with van der Waals surface area (Å²) in [5, 5.41) is 0. The minimum atomic E-state index is 0.0533. The van der Waals surface area contributed by atoms with Gasteiger partial charge in [-0.3, -0.25) is 4.79 Å². The Morgan fingerprint density at radius 3 is 2.07 bits per heavy atom. The molecule has 0 N–H and O–H groups in total. The van der Waals surface area contributed by atoms with Gasteiger partial charge in [0.05, 0.1) is 5.92 Å². The van der Waals surface area contributed by atoms with Crippen molar-refractivity contribution in [3.63, 3.8) is 0 Å². The van der Waals surface area contributed by atoms with Crippen molar-refractivity contribution in [2.45, 2.75) is 104 Å². The van der Waals surface area contributed by atoms with Crippen molar-refractivity contribution >= 4 is 5.97 Å². The van der Waals surface area contributed by atoms with Crippen LogP contribution in [0.2, 0.25) is 0 Å². The third-order valence-corrected chi connectivity index (χ3v) is 7.50. The lowest BCUT2D eigenvalue weighted by atomic mass is 9.69. The van der Waals surface area contributed by atoms with Gasteiger partial charge in [0.2, 0.25) is 0 Å². The standard InChI is InChI=1S/C27H42O2/c1-4-12-25(20(2)3)23-17-11-18-24(19-23)29-27(28)26(21-13-7-5-8-14-21)22-15-9-6-10-16-22/h11,17-22,25-26H,4-10,12-16H2,1-3H3. The average molecular weight is 399 g/mol. The Morgan fingerprint density at radius 2 is 1.55 bits per heavy atom. The van der Waals surface area contributed by atoms with Crippen LogP contribution in [0.4, 0.5) is 0 Å². The fourth-order valence-electron chi connectivity index (χ4n) is 5.95. The van der Waals surface area contributed by atoms with Gasteiger partial charge in [0.15, 0.2) is 0 Å². The number of rotatable bonds is 8. The fraction of sp³-hybridized carbons (Fsp3) is 0.741. The van der Waals surface area contributed by atoms with E-state index in [9.17, 15) is 4.79 Å². The van der Waals surface area contributed by atoms with E-state index in [0.717, 1.165) is 5.75 Å². The van der Waals surface area contributed by atoms with Crippen LogP contribution in [0, 0.1) is 23.7 Å². The van der Waals surface area contributed by atoms with Crippen LogP contribution >= 0.6 is 0 Å². The summed E-state index contributed by atoms with van der Waals surface area (Å²) >= 11 is 0. The first-order valence-corrected chi connectivity index (χ1v) is 12.4. The van der Waals surface area contributed by atoms with Gasteiger partial charge >= 0.3 is 5.97 Å². The third kappa shape index (κ3) is 6.09. The molecule has 0 aliphatic heterocycles.